The number of carbonyl (C=O) groups is 1. The summed E-state index contributed by atoms with van der Waals surface area (Å²) in [7, 11) is 0. The molecule has 1 unspecified atom stereocenters. The third kappa shape index (κ3) is 3.27. The lowest BCUT2D eigenvalue weighted by Gasteiger charge is -2.24. The van der Waals surface area contributed by atoms with Crippen molar-refractivity contribution in [2.45, 2.75) is 38.6 Å². The molecule has 0 spiro atoms. The maximum Gasteiger partial charge on any atom is 0.410 e. The molecule has 7 heteroatoms. The monoisotopic (exact) mass is 230 g/mol. The summed E-state index contributed by atoms with van der Waals surface area (Å²) in [6.45, 7) is 5.19. The minimum Gasteiger partial charge on any atom is -0.444 e. The number of rotatable bonds is 1. The van der Waals surface area contributed by atoms with Crippen LogP contribution in [-0.4, -0.2) is 41.9 Å². The summed E-state index contributed by atoms with van der Waals surface area (Å²) >= 11 is 0. The lowest BCUT2D eigenvalue weighted by molar-refractivity contribution is 0.0283. The van der Waals surface area contributed by atoms with Crippen molar-refractivity contribution in [2.24, 2.45) is 5.11 Å². The zero-order valence-corrected chi connectivity index (χ0v) is 9.55. The largest absolute Gasteiger partial charge is 0.444 e. The molecule has 0 radical (unpaired) electrons. The molecule has 0 N–H and O–H groups in total. The molecule has 90 valence electrons. The molecule has 0 aliphatic carbocycles. The molecule has 1 rings (SSSR count). The summed E-state index contributed by atoms with van der Waals surface area (Å²) in [6.07, 6.45) is -1.89. The first kappa shape index (κ1) is 12.6. The van der Waals surface area contributed by atoms with Gasteiger partial charge in [0, 0.05) is 11.5 Å². The van der Waals surface area contributed by atoms with Crippen LogP contribution >= 0.6 is 0 Å². The molecule has 1 aliphatic heterocycles. The fraction of sp³-hybridized carbons (Fsp3) is 0.889. The van der Waals surface area contributed by atoms with Crippen LogP contribution in [0, 0.1) is 0 Å². The Morgan fingerprint density at radius 1 is 1.56 bits per heavy atom. The van der Waals surface area contributed by atoms with Crippen LogP contribution in [0.1, 0.15) is 20.8 Å². The van der Waals surface area contributed by atoms with Crippen LogP contribution in [0.2, 0.25) is 0 Å². The second-order valence-electron chi connectivity index (χ2n) is 4.67. The topological polar surface area (TPSA) is 78.3 Å². The molecule has 1 aliphatic rings. The van der Waals surface area contributed by atoms with E-state index in [1.54, 1.807) is 20.8 Å². The number of alkyl halides is 1. The Balaban J connectivity index is 2.58. The van der Waals surface area contributed by atoms with Gasteiger partial charge in [0.2, 0.25) is 0 Å². The van der Waals surface area contributed by atoms with Crippen molar-refractivity contribution in [2.75, 3.05) is 13.1 Å². The molecule has 16 heavy (non-hydrogen) atoms. The summed E-state index contributed by atoms with van der Waals surface area (Å²) < 4.78 is 18.4. The number of nitrogens with zero attached hydrogens (tertiary/aromatic N) is 4. The predicted molar refractivity (Wildman–Crippen MR) is 55.6 cm³/mol. The fourth-order valence-corrected chi connectivity index (χ4v) is 1.40. The van der Waals surface area contributed by atoms with Gasteiger partial charge in [-0.1, -0.05) is 5.11 Å². The molecule has 6 nitrogen and oxygen atoms in total. The van der Waals surface area contributed by atoms with Crippen molar-refractivity contribution in [3.8, 4) is 0 Å². The minimum atomic E-state index is -1.32. The van der Waals surface area contributed by atoms with E-state index in [0.29, 0.717) is 0 Å². The van der Waals surface area contributed by atoms with E-state index in [2.05, 4.69) is 10.0 Å². The van der Waals surface area contributed by atoms with Gasteiger partial charge in [-0.3, -0.25) is 0 Å². The van der Waals surface area contributed by atoms with E-state index in [4.69, 9.17) is 10.3 Å². The van der Waals surface area contributed by atoms with Crippen LogP contribution in [0.25, 0.3) is 10.4 Å². The SMILES string of the molecule is CC(C)(C)OC(=O)N1CC(N=[N+]=[N-])[C@@H](F)C1. The van der Waals surface area contributed by atoms with E-state index in [1.165, 1.54) is 4.90 Å². The van der Waals surface area contributed by atoms with E-state index in [1.807, 2.05) is 0 Å². The van der Waals surface area contributed by atoms with Gasteiger partial charge in [-0.2, -0.15) is 0 Å². The highest BCUT2D eigenvalue weighted by molar-refractivity contribution is 5.68. The van der Waals surface area contributed by atoms with Crippen molar-refractivity contribution in [3.05, 3.63) is 10.4 Å². The van der Waals surface area contributed by atoms with E-state index in [0.717, 1.165) is 0 Å². The lowest BCUT2D eigenvalue weighted by Crippen LogP contribution is -2.35. The minimum absolute atomic E-state index is 0.0696. The highest BCUT2D eigenvalue weighted by atomic mass is 19.1. The highest BCUT2D eigenvalue weighted by Crippen LogP contribution is 2.19. The van der Waals surface area contributed by atoms with Gasteiger partial charge in [-0.05, 0) is 26.3 Å². The van der Waals surface area contributed by atoms with Crippen molar-refractivity contribution in [3.63, 3.8) is 0 Å². The molecule has 0 aromatic heterocycles. The Hall–Kier alpha value is -1.49. The van der Waals surface area contributed by atoms with Crippen molar-refractivity contribution < 1.29 is 13.9 Å². The third-order valence-corrected chi connectivity index (χ3v) is 2.07. The Labute approximate surface area is 93.0 Å². The van der Waals surface area contributed by atoms with Crippen LogP contribution in [0.4, 0.5) is 9.18 Å². The first-order valence-electron chi connectivity index (χ1n) is 4.99. The van der Waals surface area contributed by atoms with Gasteiger partial charge < -0.3 is 9.64 Å². The molecular formula is C9H15FN4O2. The van der Waals surface area contributed by atoms with Crippen molar-refractivity contribution >= 4 is 6.09 Å². The summed E-state index contributed by atoms with van der Waals surface area (Å²) in [4.78, 5) is 15.3. The number of carbonyl (C=O) groups excluding carboxylic acids is 1. The number of likely N-dealkylation sites (tertiary alicyclic amines) is 1. The Bertz CT molecular complexity index is 322. The fourth-order valence-electron chi connectivity index (χ4n) is 1.40. The molecule has 2 atom stereocenters. The summed E-state index contributed by atoms with van der Waals surface area (Å²) in [5.74, 6) is 0. The number of hydrogen-bond donors (Lipinski definition) is 0. The van der Waals surface area contributed by atoms with Gasteiger partial charge in [0.05, 0.1) is 12.6 Å². The molecule has 0 aromatic rings. The Morgan fingerprint density at radius 2 is 2.19 bits per heavy atom. The smallest absolute Gasteiger partial charge is 0.410 e. The zero-order valence-electron chi connectivity index (χ0n) is 9.55. The third-order valence-electron chi connectivity index (χ3n) is 2.07. The predicted octanol–water partition coefficient (Wildman–Crippen LogP) is 2.25. The Kier molecular flexibility index (Phi) is 3.59. The van der Waals surface area contributed by atoms with Crippen LogP contribution in [0.3, 0.4) is 0 Å². The van der Waals surface area contributed by atoms with Gasteiger partial charge in [-0.25, -0.2) is 9.18 Å². The number of hydrogen-bond acceptors (Lipinski definition) is 3. The maximum absolute atomic E-state index is 13.3. The van der Waals surface area contributed by atoms with Gasteiger partial charge >= 0.3 is 6.09 Å². The first-order valence-corrected chi connectivity index (χ1v) is 4.99. The molecule has 0 aromatic carbocycles. The van der Waals surface area contributed by atoms with Gasteiger partial charge in [-0.15, -0.1) is 0 Å². The van der Waals surface area contributed by atoms with Crippen LogP contribution < -0.4 is 0 Å². The van der Waals surface area contributed by atoms with E-state index in [9.17, 15) is 9.18 Å². The van der Waals surface area contributed by atoms with Crippen LogP contribution in [0.5, 0.6) is 0 Å². The molecule has 1 heterocycles. The molecule has 1 saturated heterocycles. The number of amides is 1. The average molecular weight is 230 g/mol. The lowest BCUT2D eigenvalue weighted by atomic mass is 10.2. The highest BCUT2D eigenvalue weighted by Gasteiger charge is 2.36. The zero-order chi connectivity index (χ0) is 12.3. The van der Waals surface area contributed by atoms with Gasteiger partial charge in [0.1, 0.15) is 11.8 Å². The molecule has 0 bridgehead atoms. The van der Waals surface area contributed by atoms with Crippen LogP contribution in [0.15, 0.2) is 5.11 Å². The van der Waals surface area contributed by atoms with E-state index in [-0.39, 0.29) is 13.1 Å². The first-order chi connectivity index (χ1) is 7.33. The number of ether oxygens (including phenoxy) is 1. The standard InChI is InChI=1S/C9H15FN4O2/c1-9(2,3)16-8(15)14-4-6(10)7(5-14)12-13-11/h6-7H,4-5H2,1-3H3/t6-,7?/m0/s1. The molecule has 0 saturated carbocycles. The summed E-state index contributed by atoms with van der Waals surface area (Å²) in [5.41, 5.74) is 7.60. The van der Waals surface area contributed by atoms with E-state index >= 15 is 0 Å². The van der Waals surface area contributed by atoms with Gasteiger partial charge in [0.25, 0.3) is 0 Å². The van der Waals surface area contributed by atoms with Crippen molar-refractivity contribution in [1.29, 1.82) is 0 Å². The molecule has 1 amide bonds. The van der Waals surface area contributed by atoms with Crippen LogP contribution in [-0.2, 0) is 4.74 Å². The number of halogens is 1. The van der Waals surface area contributed by atoms with Gasteiger partial charge in [0.15, 0.2) is 0 Å². The second kappa shape index (κ2) is 4.57. The maximum atomic E-state index is 13.3. The second-order valence-corrected chi connectivity index (χ2v) is 4.67. The summed E-state index contributed by atoms with van der Waals surface area (Å²) in [6, 6.07) is -0.808. The van der Waals surface area contributed by atoms with E-state index < -0.39 is 23.9 Å². The molecule has 1 fully saturated rings. The van der Waals surface area contributed by atoms with Crippen molar-refractivity contribution in [1.82, 2.24) is 4.90 Å². The average Bonchev–Trinajstić information content (AvgIpc) is 2.46. The number of azide groups is 1. The quantitative estimate of drug-likeness (QED) is 0.393. The summed E-state index contributed by atoms with van der Waals surface area (Å²) in [5, 5.41) is 3.29. The molecular weight excluding hydrogens is 215 g/mol. The Morgan fingerprint density at radius 3 is 2.69 bits per heavy atom. The normalized spacial score (nSPS) is 25.1.